The maximum Gasteiger partial charge on any atom is 0.253 e. The first-order valence-corrected chi connectivity index (χ1v) is 8.89. The van der Waals surface area contributed by atoms with Gasteiger partial charge in [0.25, 0.3) is 5.91 Å². The highest BCUT2D eigenvalue weighted by Gasteiger charge is 2.35. The number of β-amino-alcohol motifs (C(OH)–C–C–N with tert-alkyl or cyclic N) is 1. The number of carbonyl (C=O) groups is 1. The van der Waals surface area contributed by atoms with Crippen molar-refractivity contribution in [1.82, 2.24) is 9.80 Å². The van der Waals surface area contributed by atoms with E-state index in [4.69, 9.17) is 0 Å². The number of aryl methyl sites for hydroxylation is 1. The summed E-state index contributed by atoms with van der Waals surface area (Å²) in [5.41, 5.74) is 1.04. The smallest absolute Gasteiger partial charge is 0.253 e. The molecule has 1 aromatic carbocycles. The van der Waals surface area contributed by atoms with E-state index < -0.39 is 0 Å². The van der Waals surface area contributed by atoms with Crippen LogP contribution in [0.2, 0.25) is 0 Å². The van der Waals surface area contributed by atoms with Crippen molar-refractivity contribution in [2.24, 2.45) is 5.92 Å². The highest BCUT2D eigenvalue weighted by Crippen LogP contribution is 2.31. The average molecular weight is 334 g/mol. The summed E-state index contributed by atoms with van der Waals surface area (Å²) >= 11 is 0. The quantitative estimate of drug-likeness (QED) is 0.899. The molecule has 1 amide bonds. The van der Waals surface area contributed by atoms with E-state index in [1.54, 1.807) is 19.1 Å². The summed E-state index contributed by atoms with van der Waals surface area (Å²) in [6.07, 6.45) is 4.53. The molecule has 0 radical (unpaired) electrons. The Kier molecular flexibility index (Phi) is 5.21. The summed E-state index contributed by atoms with van der Waals surface area (Å²) in [7, 11) is 1.86. The summed E-state index contributed by atoms with van der Waals surface area (Å²) in [4.78, 5) is 17.0. The molecule has 2 fully saturated rings. The van der Waals surface area contributed by atoms with Gasteiger partial charge in [-0.25, -0.2) is 4.39 Å². The number of amides is 1. The van der Waals surface area contributed by atoms with E-state index in [2.05, 4.69) is 4.90 Å². The molecule has 0 unspecified atom stereocenters. The average Bonchev–Trinajstić information content (AvgIpc) is 3.06. The van der Waals surface area contributed by atoms with Crippen molar-refractivity contribution in [2.75, 3.05) is 26.7 Å². The fraction of sp³-hybridized carbons (Fsp3) is 0.632. The first kappa shape index (κ1) is 17.4. The van der Waals surface area contributed by atoms with E-state index in [-0.39, 0.29) is 23.9 Å². The second-order valence-electron chi connectivity index (χ2n) is 7.36. The standard InChI is InChI=1S/C19H27FN2O2/c1-13-9-15(7-8-17(13)20)19(24)21(2)18(14-5-3-4-6-14)12-22-10-16(23)11-22/h7-9,14,16,18,23H,3-6,10-12H2,1-2H3/t18-/m1/s1. The lowest BCUT2D eigenvalue weighted by atomic mass is 9.94. The highest BCUT2D eigenvalue weighted by molar-refractivity contribution is 5.94. The molecule has 0 aromatic heterocycles. The summed E-state index contributed by atoms with van der Waals surface area (Å²) < 4.78 is 13.5. The highest BCUT2D eigenvalue weighted by atomic mass is 19.1. The van der Waals surface area contributed by atoms with Gasteiger partial charge in [0.15, 0.2) is 0 Å². The summed E-state index contributed by atoms with van der Waals surface area (Å²) in [6, 6.07) is 4.72. The Hall–Kier alpha value is -1.46. The number of rotatable bonds is 5. The van der Waals surface area contributed by atoms with Crippen molar-refractivity contribution < 1.29 is 14.3 Å². The third-order valence-electron chi connectivity index (χ3n) is 5.55. The summed E-state index contributed by atoms with van der Waals surface area (Å²) in [5, 5.41) is 9.52. The van der Waals surface area contributed by atoms with Crippen LogP contribution in [-0.2, 0) is 0 Å². The number of carbonyl (C=O) groups excluding carboxylic acids is 1. The monoisotopic (exact) mass is 334 g/mol. The van der Waals surface area contributed by atoms with Crippen molar-refractivity contribution in [2.45, 2.75) is 44.8 Å². The number of hydrogen-bond acceptors (Lipinski definition) is 3. The number of halogens is 1. The van der Waals surface area contributed by atoms with Crippen LogP contribution in [0.3, 0.4) is 0 Å². The number of hydrogen-bond donors (Lipinski definition) is 1. The normalized spacial score (nSPS) is 20.8. The second kappa shape index (κ2) is 7.19. The summed E-state index contributed by atoms with van der Waals surface area (Å²) in [5.74, 6) is 0.186. The molecule has 1 saturated carbocycles. The van der Waals surface area contributed by atoms with Crippen LogP contribution < -0.4 is 0 Å². The van der Waals surface area contributed by atoms with Crippen molar-refractivity contribution in [3.63, 3.8) is 0 Å². The van der Waals surface area contributed by atoms with Crippen molar-refractivity contribution in [1.29, 1.82) is 0 Å². The first-order valence-electron chi connectivity index (χ1n) is 8.89. The molecule has 1 heterocycles. The van der Waals surface area contributed by atoms with Crippen LogP contribution in [-0.4, -0.2) is 59.6 Å². The van der Waals surface area contributed by atoms with E-state index in [1.165, 1.54) is 18.9 Å². The minimum absolute atomic E-state index is 0.0453. The fourth-order valence-electron chi connectivity index (χ4n) is 4.02. The predicted octanol–water partition coefficient (Wildman–Crippen LogP) is 2.44. The first-order chi connectivity index (χ1) is 11.5. The van der Waals surface area contributed by atoms with Gasteiger partial charge in [0.1, 0.15) is 5.82 Å². The number of aliphatic hydroxyl groups excluding tert-OH is 1. The van der Waals surface area contributed by atoms with Gasteiger partial charge in [-0.05, 0) is 49.4 Å². The third kappa shape index (κ3) is 3.62. The maximum absolute atomic E-state index is 13.5. The molecule has 0 bridgehead atoms. The number of benzene rings is 1. The molecule has 1 atom stereocenters. The molecular formula is C19H27FN2O2. The van der Waals surface area contributed by atoms with E-state index >= 15 is 0 Å². The van der Waals surface area contributed by atoms with Gasteiger partial charge in [-0.1, -0.05) is 12.8 Å². The Balaban J connectivity index is 1.74. The fourth-order valence-corrected chi connectivity index (χ4v) is 4.02. The Morgan fingerprint density at radius 2 is 2.04 bits per heavy atom. The summed E-state index contributed by atoms with van der Waals surface area (Å²) in [6.45, 7) is 3.88. The number of aliphatic hydroxyl groups is 1. The molecule has 1 aliphatic carbocycles. The molecule has 0 spiro atoms. The third-order valence-corrected chi connectivity index (χ3v) is 5.55. The van der Waals surface area contributed by atoms with Gasteiger partial charge in [0.2, 0.25) is 0 Å². The lowest BCUT2D eigenvalue weighted by Crippen LogP contribution is -2.57. The number of nitrogens with zero attached hydrogens (tertiary/aromatic N) is 2. The van der Waals surface area contributed by atoms with Crippen LogP contribution in [0.4, 0.5) is 4.39 Å². The molecule has 1 aromatic rings. The second-order valence-corrected chi connectivity index (χ2v) is 7.36. The predicted molar refractivity (Wildman–Crippen MR) is 91.4 cm³/mol. The zero-order chi connectivity index (χ0) is 17.3. The van der Waals surface area contributed by atoms with Gasteiger partial charge in [-0.15, -0.1) is 0 Å². The minimum atomic E-state index is -0.281. The molecule has 24 heavy (non-hydrogen) atoms. The molecule has 2 aliphatic rings. The van der Waals surface area contributed by atoms with E-state index in [9.17, 15) is 14.3 Å². The molecule has 3 rings (SSSR count). The molecule has 5 heteroatoms. The molecular weight excluding hydrogens is 307 g/mol. The van der Waals surface area contributed by atoms with Gasteiger partial charge < -0.3 is 10.0 Å². The van der Waals surface area contributed by atoms with Crippen LogP contribution >= 0.6 is 0 Å². The number of likely N-dealkylation sites (tertiary alicyclic amines) is 1. The van der Waals surface area contributed by atoms with E-state index in [1.807, 2.05) is 11.9 Å². The Morgan fingerprint density at radius 1 is 1.38 bits per heavy atom. The number of likely N-dealkylation sites (N-methyl/N-ethyl adjacent to an activating group) is 1. The Labute approximate surface area is 143 Å². The van der Waals surface area contributed by atoms with E-state index in [0.717, 1.165) is 19.4 Å². The molecule has 132 valence electrons. The molecule has 4 nitrogen and oxygen atoms in total. The topological polar surface area (TPSA) is 43.8 Å². The van der Waals surface area contributed by atoms with Crippen LogP contribution in [0.1, 0.15) is 41.6 Å². The Morgan fingerprint density at radius 3 is 2.62 bits per heavy atom. The maximum atomic E-state index is 13.5. The van der Waals surface area contributed by atoms with Gasteiger partial charge in [0, 0.05) is 38.3 Å². The van der Waals surface area contributed by atoms with Crippen LogP contribution in [0.15, 0.2) is 18.2 Å². The zero-order valence-electron chi connectivity index (χ0n) is 14.5. The van der Waals surface area contributed by atoms with Crippen molar-refractivity contribution in [3.8, 4) is 0 Å². The molecule has 1 aliphatic heterocycles. The van der Waals surface area contributed by atoms with Crippen LogP contribution in [0.5, 0.6) is 0 Å². The molecule has 1 N–H and O–H groups in total. The largest absolute Gasteiger partial charge is 0.390 e. The van der Waals surface area contributed by atoms with Crippen LogP contribution in [0, 0.1) is 18.7 Å². The van der Waals surface area contributed by atoms with E-state index in [0.29, 0.717) is 30.1 Å². The van der Waals surface area contributed by atoms with Crippen molar-refractivity contribution >= 4 is 5.91 Å². The zero-order valence-corrected chi connectivity index (χ0v) is 14.5. The van der Waals surface area contributed by atoms with Gasteiger partial charge in [-0.2, -0.15) is 0 Å². The Bertz CT molecular complexity index is 595. The van der Waals surface area contributed by atoms with Gasteiger partial charge in [0.05, 0.1) is 6.10 Å². The lowest BCUT2D eigenvalue weighted by Gasteiger charge is -2.42. The molecule has 1 saturated heterocycles. The van der Waals surface area contributed by atoms with Gasteiger partial charge >= 0.3 is 0 Å². The SMILES string of the molecule is Cc1cc(C(=O)N(C)[C@H](CN2CC(O)C2)C2CCCC2)ccc1F. The minimum Gasteiger partial charge on any atom is -0.390 e. The lowest BCUT2D eigenvalue weighted by molar-refractivity contribution is -0.0166. The van der Waals surface area contributed by atoms with Crippen LogP contribution in [0.25, 0.3) is 0 Å². The van der Waals surface area contributed by atoms with Crippen molar-refractivity contribution in [3.05, 3.63) is 35.1 Å². The van der Waals surface area contributed by atoms with Gasteiger partial charge in [-0.3, -0.25) is 9.69 Å².